The Balaban J connectivity index is 1.97. The van der Waals surface area contributed by atoms with E-state index in [1.54, 1.807) is 0 Å². The molecule has 0 spiro atoms. The van der Waals surface area contributed by atoms with Gasteiger partial charge in [0.15, 0.2) is 0 Å². The second-order valence-corrected chi connectivity index (χ2v) is 3.71. The third-order valence-corrected chi connectivity index (χ3v) is 2.36. The molecule has 0 fully saturated rings. The lowest BCUT2D eigenvalue weighted by molar-refractivity contribution is -0.384. The summed E-state index contributed by atoms with van der Waals surface area (Å²) in [6.07, 6.45) is 0. The molecule has 11 heteroatoms. The Bertz CT molecular complexity index is 694. The number of nitrogens with two attached hydrogens (primary N) is 1. The number of aromatic nitrogens is 2. The molecular weight excluding hydrogens is 284 g/mol. The molecule has 1 aromatic heterocycles. The summed E-state index contributed by atoms with van der Waals surface area (Å²) in [5.41, 5.74) is 9.12. The zero-order chi connectivity index (χ0) is 15.4. The number of amides is 2. The van der Waals surface area contributed by atoms with E-state index in [1.165, 1.54) is 12.1 Å². The van der Waals surface area contributed by atoms with Gasteiger partial charge in [0.25, 0.3) is 17.5 Å². The van der Waals surface area contributed by atoms with E-state index in [9.17, 15) is 19.7 Å². The van der Waals surface area contributed by atoms with Crippen LogP contribution in [0.5, 0.6) is 0 Å². The molecule has 21 heavy (non-hydrogen) atoms. The molecule has 11 nitrogen and oxygen atoms in total. The Kier molecular flexibility index (Phi) is 3.74. The fourth-order valence-corrected chi connectivity index (χ4v) is 1.33. The first-order chi connectivity index (χ1) is 9.99. The van der Waals surface area contributed by atoms with Crippen molar-refractivity contribution in [3.05, 3.63) is 45.6 Å². The Morgan fingerprint density at radius 2 is 1.76 bits per heavy atom. The lowest BCUT2D eigenvalue weighted by atomic mass is 10.2. The van der Waals surface area contributed by atoms with Crippen LogP contribution in [-0.2, 0) is 0 Å². The summed E-state index contributed by atoms with van der Waals surface area (Å²) in [6.45, 7) is 0. The molecule has 108 valence electrons. The monoisotopic (exact) mass is 292 g/mol. The molecule has 4 N–H and O–H groups in total. The number of nitrogens with zero attached hydrogens (tertiary/aromatic N) is 3. The second-order valence-electron chi connectivity index (χ2n) is 3.71. The van der Waals surface area contributed by atoms with Crippen molar-refractivity contribution in [3.8, 4) is 0 Å². The number of rotatable bonds is 3. The molecule has 2 aromatic rings. The van der Waals surface area contributed by atoms with Crippen LogP contribution in [0.1, 0.15) is 20.8 Å². The van der Waals surface area contributed by atoms with Crippen LogP contribution >= 0.6 is 0 Å². The molecule has 0 saturated carbocycles. The van der Waals surface area contributed by atoms with E-state index in [4.69, 9.17) is 5.73 Å². The predicted molar refractivity (Wildman–Crippen MR) is 66.7 cm³/mol. The number of carbonyl (C=O) groups is 2. The number of benzene rings is 1. The highest BCUT2D eigenvalue weighted by molar-refractivity contribution is 5.99. The number of non-ortho nitro benzene ring substituents is 1. The fourth-order valence-electron chi connectivity index (χ4n) is 1.33. The lowest BCUT2D eigenvalue weighted by Crippen LogP contribution is -2.42. The van der Waals surface area contributed by atoms with Gasteiger partial charge in [-0.3, -0.25) is 30.6 Å². The molecule has 1 aromatic carbocycles. The van der Waals surface area contributed by atoms with Crippen LogP contribution in [0.15, 0.2) is 28.9 Å². The smallest absolute Gasteiger partial charge is 0.295 e. The third-order valence-electron chi connectivity index (χ3n) is 2.36. The van der Waals surface area contributed by atoms with E-state index in [2.05, 4.69) is 20.4 Å². The van der Waals surface area contributed by atoms with Gasteiger partial charge in [-0.2, -0.15) is 0 Å². The molecule has 0 saturated heterocycles. The minimum atomic E-state index is -0.816. The number of nitro benzene ring substituents is 1. The first-order valence-electron chi connectivity index (χ1n) is 5.42. The van der Waals surface area contributed by atoms with E-state index < -0.39 is 16.7 Å². The van der Waals surface area contributed by atoms with Gasteiger partial charge in [0, 0.05) is 17.7 Å². The molecule has 0 aliphatic rings. The number of hydrogen-bond acceptors (Lipinski definition) is 8. The van der Waals surface area contributed by atoms with E-state index in [1.807, 2.05) is 5.43 Å². The van der Waals surface area contributed by atoms with Crippen LogP contribution < -0.4 is 16.6 Å². The van der Waals surface area contributed by atoms with Crippen molar-refractivity contribution in [2.45, 2.75) is 0 Å². The first kappa shape index (κ1) is 13.9. The Hall–Kier alpha value is -3.50. The van der Waals surface area contributed by atoms with Gasteiger partial charge < -0.3 is 5.73 Å². The molecule has 0 aliphatic heterocycles. The number of nitrogen functional groups attached to an aromatic ring is 1. The first-order valence-corrected chi connectivity index (χ1v) is 5.42. The van der Waals surface area contributed by atoms with Gasteiger partial charge in [0.2, 0.25) is 11.5 Å². The van der Waals surface area contributed by atoms with Crippen molar-refractivity contribution in [1.82, 2.24) is 21.2 Å². The minimum Gasteiger partial charge on any atom is -0.379 e. The number of carbonyl (C=O) groups excluding carboxylic acids is 2. The molecule has 2 rings (SSSR count). The van der Waals surface area contributed by atoms with Crippen LogP contribution in [0.4, 0.5) is 11.5 Å². The summed E-state index contributed by atoms with van der Waals surface area (Å²) in [4.78, 5) is 33.1. The van der Waals surface area contributed by atoms with Crippen molar-refractivity contribution < 1.29 is 19.1 Å². The summed E-state index contributed by atoms with van der Waals surface area (Å²) in [6, 6.07) is 4.81. The van der Waals surface area contributed by atoms with Crippen LogP contribution in [0.25, 0.3) is 0 Å². The van der Waals surface area contributed by atoms with Crippen LogP contribution in [0.3, 0.4) is 0 Å². The zero-order valence-electron chi connectivity index (χ0n) is 10.3. The van der Waals surface area contributed by atoms with Crippen molar-refractivity contribution in [1.29, 1.82) is 0 Å². The number of hydrogen-bond donors (Lipinski definition) is 3. The number of hydrazine groups is 1. The Morgan fingerprint density at radius 1 is 1.14 bits per heavy atom. The molecule has 2 amide bonds. The lowest BCUT2D eigenvalue weighted by Gasteiger charge is -2.05. The van der Waals surface area contributed by atoms with Gasteiger partial charge in [0.1, 0.15) is 0 Å². The summed E-state index contributed by atoms with van der Waals surface area (Å²) in [7, 11) is 0. The van der Waals surface area contributed by atoms with Gasteiger partial charge in [-0.1, -0.05) is 0 Å². The van der Waals surface area contributed by atoms with E-state index in [0.717, 1.165) is 12.1 Å². The topological polar surface area (TPSA) is 166 Å². The quantitative estimate of drug-likeness (QED) is 0.509. The minimum absolute atomic E-state index is 0.118. The normalized spacial score (nSPS) is 9.90. The standard InChI is InChI=1S/C10H8N6O5/c11-8-7(14-21-15-8)10(18)13-12-9(17)5-1-3-6(4-2-5)16(19)20/h1-4H,(H2,11,15)(H,12,17)(H,13,18). The molecule has 0 bridgehead atoms. The molecule has 0 radical (unpaired) electrons. The Labute approximate surface area is 116 Å². The van der Waals surface area contributed by atoms with Gasteiger partial charge >= 0.3 is 0 Å². The van der Waals surface area contributed by atoms with Crippen molar-refractivity contribution in [2.75, 3.05) is 5.73 Å². The van der Waals surface area contributed by atoms with Gasteiger partial charge in [-0.25, -0.2) is 4.63 Å². The maximum atomic E-state index is 11.7. The van der Waals surface area contributed by atoms with Gasteiger partial charge in [0.05, 0.1) is 4.92 Å². The van der Waals surface area contributed by atoms with E-state index in [-0.39, 0.29) is 22.8 Å². The molecule has 1 heterocycles. The highest BCUT2D eigenvalue weighted by Crippen LogP contribution is 2.11. The highest BCUT2D eigenvalue weighted by Gasteiger charge is 2.17. The van der Waals surface area contributed by atoms with Crippen molar-refractivity contribution in [3.63, 3.8) is 0 Å². The van der Waals surface area contributed by atoms with Crippen LogP contribution in [0.2, 0.25) is 0 Å². The molecule has 0 unspecified atom stereocenters. The SMILES string of the molecule is Nc1nonc1C(=O)NNC(=O)c1ccc([N+](=O)[O-])cc1. The maximum absolute atomic E-state index is 11.7. The largest absolute Gasteiger partial charge is 0.379 e. The second kappa shape index (κ2) is 5.64. The zero-order valence-corrected chi connectivity index (χ0v) is 10.3. The van der Waals surface area contributed by atoms with Crippen LogP contribution in [-0.4, -0.2) is 27.1 Å². The summed E-state index contributed by atoms with van der Waals surface area (Å²) in [5.74, 6) is -1.71. The molecule has 0 atom stereocenters. The van der Waals surface area contributed by atoms with Crippen molar-refractivity contribution in [2.24, 2.45) is 0 Å². The molecular formula is C10H8N6O5. The Morgan fingerprint density at radius 3 is 2.29 bits per heavy atom. The number of nitro groups is 1. The van der Waals surface area contributed by atoms with Gasteiger partial charge in [-0.15, -0.1) is 0 Å². The number of nitrogens with one attached hydrogen (secondary N) is 2. The fraction of sp³-hybridized carbons (Fsp3) is 0. The summed E-state index contributed by atoms with van der Waals surface area (Å²) >= 11 is 0. The third kappa shape index (κ3) is 3.09. The van der Waals surface area contributed by atoms with Gasteiger partial charge in [-0.05, 0) is 22.4 Å². The van der Waals surface area contributed by atoms with E-state index >= 15 is 0 Å². The van der Waals surface area contributed by atoms with Crippen molar-refractivity contribution >= 4 is 23.3 Å². The maximum Gasteiger partial charge on any atom is 0.295 e. The predicted octanol–water partition coefficient (Wildman–Crippen LogP) is -0.365. The average Bonchev–Trinajstić information content (AvgIpc) is 2.90. The van der Waals surface area contributed by atoms with E-state index in [0.29, 0.717) is 0 Å². The highest BCUT2D eigenvalue weighted by atomic mass is 16.6. The van der Waals surface area contributed by atoms with Crippen LogP contribution in [0, 0.1) is 10.1 Å². The molecule has 0 aliphatic carbocycles. The number of anilines is 1. The summed E-state index contributed by atoms with van der Waals surface area (Å²) in [5, 5.41) is 16.9. The summed E-state index contributed by atoms with van der Waals surface area (Å²) < 4.78 is 4.23. The average molecular weight is 292 g/mol.